The first-order valence-electron chi connectivity index (χ1n) is 6.87. The van der Waals surface area contributed by atoms with Crippen LogP contribution in [0.15, 0.2) is 42.5 Å². The van der Waals surface area contributed by atoms with Gasteiger partial charge in [0.15, 0.2) is 0 Å². The molecule has 5 heteroatoms. The first-order valence-corrected chi connectivity index (χ1v) is 7.24. The summed E-state index contributed by atoms with van der Waals surface area (Å²) in [7, 11) is 1.60. The lowest BCUT2D eigenvalue weighted by molar-refractivity contribution is -0.121. The summed E-state index contributed by atoms with van der Waals surface area (Å²) in [6.07, 6.45) is -0.0243. The Morgan fingerprint density at radius 3 is 2.55 bits per heavy atom. The van der Waals surface area contributed by atoms with E-state index in [4.69, 9.17) is 16.3 Å². The van der Waals surface area contributed by atoms with E-state index < -0.39 is 5.82 Å². The van der Waals surface area contributed by atoms with Crippen LogP contribution < -0.4 is 10.1 Å². The molecule has 2 aromatic rings. The molecule has 0 saturated heterocycles. The van der Waals surface area contributed by atoms with Crippen LogP contribution in [0.2, 0.25) is 5.02 Å². The summed E-state index contributed by atoms with van der Waals surface area (Å²) in [6, 6.07) is 11.5. The molecule has 0 saturated carbocycles. The van der Waals surface area contributed by atoms with E-state index in [0.717, 1.165) is 11.3 Å². The van der Waals surface area contributed by atoms with Crippen molar-refractivity contribution in [2.75, 3.05) is 7.11 Å². The predicted molar refractivity (Wildman–Crippen MR) is 84.7 cm³/mol. The molecule has 2 rings (SSSR count). The second kappa shape index (κ2) is 7.27. The van der Waals surface area contributed by atoms with Crippen molar-refractivity contribution in [1.29, 1.82) is 0 Å². The van der Waals surface area contributed by atoms with Gasteiger partial charge in [0.1, 0.15) is 11.6 Å². The summed E-state index contributed by atoms with van der Waals surface area (Å²) >= 11 is 5.69. The van der Waals surface area contributed by atoms with Crippen LogP contribution in [0.4, 0.5) is 4.39 Å². The van der Waals surface area contributed by atoms with E-state index >= 15 is 0 Å². The fourth-order valence-electron chi connectivity index (χ4n) is 2.11. The fraction of sp³-hybridized carbons (Fsp3) is 0.235. The summed E-state index contributed by atoms with van der Waals surface area (Å²) in [4.78, 5) is 12.0. The molecule has 0 radical (unpaired) electrons. The standard InChI is InChI=1S/C17H17ClFNO2/c1-11(12-4-7-15(22-2)8-5-12)20-17(21)9-13-3-6-14(18)10-16(13)19/h3-8,10-11H,9H2,1-2H3,(H,20,21)/t11-/m0/s1. The van der Waals surface area contributed by atoms with E-state index in [1.807, 2.05) is 31.2 Å². The van der Waals surface area contributed by atoms with Crippen molar-refractivity contribution in [3.05, 3.63) is 64.4 Å². The molecule has 22 heavy (non-hydrogen) atoms. The number of hydrogen-bond acceptors (Lipinski definition) is 2. The van der Waals surface area contributed by atoms with E-state index in [-0.39, 0.29) is 18.4 Å². The number of carbonyl (C=O) groups is 1. The van der Waals surface area contributed by atoms with Crippen LogP contribution in [0.3, 0.4) is 0 Å². The molecular formula is C17H17ClFNO2. The zero-order valence-corrected chi connectivity index (χ0v) is 13.2. The van der Waals surface area contributed by atoms with Crippen LogP contribution >= 0.6 is 11.6 Å². The van der Waals surface area contributed by atoms with Crippen molar-refractivity contribution in [3.8, 4) is 5.75 Å². The van der Waals surface area contributed by atoms with E-state index in [0.29, 0.717) is 10.6 Å². The topological polar surface area (TPSA) is 38.3 Å². The number of carbonyl (C=O) groups excluding carboxylic acids is 1. The third-order valence-electron chi connectivity index (χ3n) is 3.36. The molecule has 116 valence electrons. The summed E-state index contributed by atoms with van der Waals surface area (Å²) < 4.78 is 18.8. The van der Waals surface area contributed by atoms with E-state index in [9.17, 15) is 9.18 Å². The summed E-state index contributed by atoms with van der Waals surface area (Å²) in [6.45, 7) is 1.87. The lowest BCUT2D eigenvalue weighted by atomic mass is 10.1. The Balaban J connectivity index is 1.98. The van der Waals surface area contributed by atoms with Crippen LogP contribution in [0, 0.1) is 5.82 Å². The van der Waals surface area contributed by atoms with Gasteiger partial charge in [-0.2, -0.15) is 0 Å². The van der Waals surface area contributed by atoms with Gasteiger partial charge in [-0.1, -0.05) is 29.8 Å². The minimum Gasteiger partial charge on any atom is -0.497 e. The molecule has 1 atom stereocenters. The number of hydrogen-bond donors (Lipinski definition) is 1. The van der Waals surface area contributed by atoms with Crippen molar-refractivity contribution in [2.45, 2.75) is 19.4 Å². The van der Waals surface area contributed by atoms with Crippen molar-refractivity contribution < 1.29 is 13.9 Å². The number of nitrogens with one attached hydrogen (secondary N) is 1. The van der Waals surface area contributed by atoms with E-state index in [2.05, 4.69) is 5.32 Å². The Hall–Kier alpha value is -2.07. The van der Waals surface area contributed by atoms with Gasteiger partial charge < -0.3 is 10.1 Å². The molecule has 3 nitrogen and oxygen atoms in total. The highest BCUT2D eigenvalue weighted by Crippen LogP contribution is 2.18. The number of benzene rings is 2. The summed E-state index contributed by atoms with van der Waals surface area (Å²) in [5, 5.41) is 3.16. The molecule has 2 aromatic carbocycles. The van der Waals surface area contributed by atoms with Gasteiger partial charge in [0.05, 0.1) is 19.6 Å². The SMILES string of the molecule is COc1ccc([C@H](C)NC(=O)Cc2ccc(Cl)cc2F)cc1. The van der Waals surface area contributed by atoms with Gasteiger partial charge in [-0.05, 0) is 42.3 Å². The van der Waals surface area contributed by atoms with Crippen LogP contribution in [0.25, 0.3) is 0 Å². The molecule has 0 aliphatic heterocycles. The molecule has 0 heterocycles. The molecule has 0 aromatic heterocycles. The molecule has 0 spiro atoms. The first kappa shape index (κ1) is 16.3. The van der Waals surface area contributed by atoms with Gasteiger partial charge >= 0.3 is 0 Å². The van der Waals surface area contributed by atoms with Crippen molar-refractivity contribution in [2.24, 2.45) is 0 Å². The predicted octanol–water partition coefficient (Wildman–Crippen LogP) is 3.91. The lowest BCUT2D eigenvalue weighted by Gasteiger charge is -2.15. The number of methoxy groups -OCH3 is 1. The maximum atomic E-state index is 13.7. The largest absolute Gasteiger partial charge is 0.497 e. The molecular weight excluding hydrogens is 305 g/mol. The third kappa shape index (κ3) is 4.21. The van der Waals surface area contributed by atoms with Gasteiger partial charge in [0.2, 0.25) is 5.91 Å². The Kier molecular flexibility index (Phi) is 5.39. The van der Waals surface area contributed by atoms with Gasteiger partial charge in [0, 0.05) is 5.02 Å². The highest BCUT2D eigenvalue weighted by Gasteiger charge is 2.12. The molecule has 0 aliphatic rings. The molecule has 0 unspecified atom stereocenters. The Bertz CT molecular complexity index is 658. The molecule has 0 aliphatic carbocycles. The zero-order chi connectivity index (χ0) is 16.1. The molecule has 0 fully saturated rings. The van der Waals surface area contributed by atoms with Crippen LogP contribution in [-0.4, -0.2) is 13.0 Å². The van der Waals surface area contributed by atoms with Crippen molar-refractivity contribution in [1.82, 2.24) is 5.32 Å². The molecule has 1 amide bonds. The fourth-order valence-corrected chi connectivity index (χ4v) is 2.27. The van der Waals surface area contributed by atoms with Crippen molar-refractivity contribution >= 4 is 17.5 Å². The third-order valence-corrected chi connectivity index (χ3v) is 3.59. The van der Waals surface area contributed by atoms with Crippen LogP contribution in [-0.2, 0) is 11.2 Å². The van der Waals surface area contributed by atoms with E-state index in [1.165, 1.54) is 12.1 Å². The number of halogens is 2. The zero-order valence-electron chi connectivity index (χ0n) is 12.4. The highest BCUT2D eigenvalue weighted by atomic mass is 35.5. The smallest absolute Gasteiger partial charge is 0.225 e. The monoisotopic (exact) mass is 321 g/mol. The van der Waals surface area contributed by atoms with Crippen LogP contribution in [0.1, 0.15) is 24.1 Å². The van der Waals surface area contributed by atoms with Gasteiger partial charge in [-0.15, -0.1) is 0 Å². The summed E-state index contributed by atoms with van der Waals surface area (Å²) in [5.74, 6) is 0.0369. The number of amides is 1. The first-order chi connectivity index (χ1) is 10.5. The Morgan fingerprint density at radius 1 is 1.27 bits per heavy atom. The van der Waals surface area contributed by atoms with E-state index in [1.54, 1.807) is 13.2 Å². The van der Waals surface area contributed by atoms with Crippen LogP contribution in [0.5, 0.6) is 5.75 Å². The Labute approximate surface area is 134 Å². The van der Waals surface area contributed by atoms with Gasteiger partial charge in [0.25, 0.3) is 0 Å². The summed E-state index contributed by atoms with van der Waals surface area (Å²) in [5.41, 5.74) is 1.27. The van der Waals surface area contributed by atoms with Crippen molar-refractivity contribution in [3.63, 3.8) is 0 Å². The average molecular weight is 322 g/mol. The molecule has 0 bridgehead atoms. The number of ether oxygens (including phenoxy) is 1. The number of rotatable bonds is 5. The minimum absolute atomic E-state index is 0.0243. The molecule has 1 N–H and O–H groups in total. The minimum atomic E-state index is -0.472. The normalized spacial score (nSPS) is 11.8. The highest BCUT2D eigenvalue weighted by molar-refractivity contribution is 6.30. The van der Waals surface area contributed by atoms with Gasteiger partial charge in [-0.25, -0.2) is 4.39 Å². The van der Waals surface area contributed by atoms with Gasteiger partial charge in [-0.3, -0.25) is 4.79 Å². The average Bonchev–Trinajstić information content (AvgIpc) is 2.50. The lowest BCUT2D eigenvalue weighted by Crippen LogP contribution is -2.28. The second-order valence-corrected chi connectivity index (χ2v) is 5.41. The maximum absolute atomic E-state index is 13.7. The Morgan fingerprint density at radius 2 is 1.95 bits per heavy atom. The quantitative estimate of drug-likeness (QED) is 0.906. The second-order valence-electron chi connectivity index (χ2n) is 4.97. The maximum Gasteiger partial charge on any atom is 0.225 e.